The molecule has 0 bridgehead atoms. The summed E-state index contributed by atoms with van der Waals surface area (Å²) in [5.74, 6) is 1.68. The molecule has 0 spiro atoms. The molecule has 0 fully saturated rings. The molecule has 0 saturated heterocycles. The van der Waals surface area contributed by atoms with Gasteiger partial charge in [-0.2, -0.15) is 0 Å². The van der Waals surface area contributed by atoms with Crippen molar-refractivity contribution in [2.24, 2.45) is 0 Å². The second kappa shape index (κ2) is 15.4. The molecule has 3 aromatic heterocycles. The van der Waals surface area contributed by atoms with Crippen molar-refractivity contribution in [3.63, 3.8) is 0 Å². The number of nitrogens with zero attached hydrogens (tertiary/aromatic N) is 3. The van der Waals surface area contributed by atoms with Gasteiger partial charge in [0.2, 0.25) is 0 Å². The predicted molar refractivity (Wildman–Crippen MR) is 279 cm³/mol. The Morgan fingerprint density at radius 3 is 1.51 bits per heavy atom. The molecule has 69 heavy (non-hydrogen) atoms. The summed E-state index contributed by atoms with van der Waals surface area (Å²) < 4.78 is 13.1. The van der Waals surface area contributed by atoms with Gasteiger partial charge in [0, 0.05) is 38.2 Å². The lowest BCUT2D eigenvalue weighted by molar-refractivity contribution is 0.668. The molecule has 0 radical (unpaired) electrons. The number of para-hydroxylation sites is 1. The summed E-state index contributed by atoms with van der Waals surface area (Å²) in [6, 6.07) is 83.4. The van der Waals surface area contributed by atoms with E-state index in [4.69, 9.17) is 23.8 Å². The van der Waals surface area contributed by atoms with E-state index in [0.717, 1.165) is 82.8 Å². The highest BCUT2D eigenvalue weighted by atomic mass is 16.3. The number of hydrogen-bond acceptors (Lipinski definition) is 5. The third-order valence-corrected chi connectivity index (χ3v) is 14.0. The third kappa shape index (κ3) is 6.00. The van der Waals surface area contributed by atoms with E-state index in [9.17, 15) is 0 Å². The van der Waals surface area contributed by atoms with Crippen LogP contribution in [-0.4, -0.2) is 15.0 Å². The molecule has 5 heteroatoms. The molecule has 0 aliphatic heterocycles. The van der Waals surface area contributed by atoms with E-state index in [2.05, 4.69) is 188 Å². The van der Waals surface area contributed by atoms with Gasteiger partial charge in [-0.3, -0.25) is 0 Å². The summed E-state index contributed by atoms with van der Waals surface area (Å²) in [6.45, 7) is 0. The van der Waals surface area contributed by atoms with Crippen LogP contribution in [0, 0.1) is 0 Å². The Morgan fingerprint density at radius 1 is 0.290 bits per heavy atom. The smallest absolute Gasteiger partial charge is 0.164 e. The quantitative estimate of drug-likeness (QED) is 0.160. The summed E-state index contributed by atoms with van der Waals surface area (Å²) in [4.78, 5) is 16.0. The SMILES string of the molecule is c1ccc(-c2cccc(-c3nc(-c4cccc5oc6ccccc6c45)nc(-c4cccc5oc6ccc(-c7cccc8c7-c7ccccc7C8(c7ccccc7)c7ccccc7)cc6c45)n3)c2)cc1. The maximum atomic E-state index is 6.71. The number of furan rings is 2. The molecule has 1 aliphatic carbocycles. The molecule has 0 atom stereocenters. The molecule has 0 saturated carbocycles. The fourth-order valence-electron chi connectivity index (χ4n) is 11.1. The summed E-state index contributed by atoms with van der Waals surface area (Å²) in [7, 11) is 0. The van der Waals surface area contributed by atoms with Gasteiger partial charge in [0.1, 0.15) is 22.3 Å². The van der Waals surface area contributed by atoms with Crippen LogP contribution in [0.3, 0.4) is 0 Å². The molecule has 3 heterocycles. The highest BCUT2D eigenvalue weighted by Crippen LogP contribution is 2.58. The fraction of sp³-hybridized carbons (Fsp3) is 0.0156. The second-order valence-electron chi connectivity index (χ2n) is 17.8. The third-order valence-electron chi connectivity index (χ3n) is 14.0. The first-order chi connectivity index (χ1) is 34.2. The van der Waals surface area contributed by atoms with Crippen molar-refractivity contribution >= 4 is 43.9 Å². The Kier molecular flexibility index (Phi) is 8.73. The molecule has 0 N–H and O–H groups in total. The molecule has 5 nitrogen and oxygen atoms in total. The van der Waals surface area contributed by atoms with E-state index in [1.165, 1.54) is 33.4 Å². The van der Waals surface area contributed by atoms with Gasteiger partial charge in [-0.15, -0.1) is 0 Å². The normalized spacial score (nSPS) is 12.8. The zero-order chi connectivity index (χ0) is 45.5. The number of benzene rings is 10. The average Bonchev–Trinajstić information content (AvgIpc) is 4.10. The van der Waals surface area contributed by atoms with Crippen LogP contribution in [0.15, 0.2) is 245 Å². The van der Waals surface area contributed by atoms with Gasteiger partial charge in [0.05, 0.1) is 5.41 Å². The van der Waals surface area contributed by atoms with Gasteiger partial charge in [0.25, 0.3) is 0 Å². The van der Waals surface area contributed by atoms with Gasteiger partial charge in [-0.25, -0.2) is 15.0 Å². The first-order valence-electron chi connectivity index (χ1n) is 23.3. The highest BCUT2D eigenvalue weighted by molar-refractivity contribution is 6.14. The Hall–Kier alpha value is -9.19. The van der Waals surface area contributed by atoms with Crippen molar-refractivity contribution in [2.75, 3.05) is 0 Å². The molecule has 13 aromatic rings. The molecule has 1 aliphatic rings. The molecule has 0 amide bonds. The maximum absolute atomic E-state index is 6.71. The topological polar surface area (TPSA) is 65.0 Å². The van der Waals surface area contributed by atoms with E-state index in [1.807, 2.05) is 48.5 Å². The average molecular weight is 882 g/mol. The summed E-state index contributed by atoms with van der Waals surface area (Å²) in [5, 5.41) is 3.90. The van der Waals surface area contributed by atoms with Crippen LogP contribution in [0.2, 0.25) is 0 Å². The van der Waals surface area contributed by atoms with E-state index in [0.29, 0.717) is 17.5 Å². The van der Waals surface area contributed by atoms with Gasteiger partial charge >= 0.3 is 0 Å². The van der Waals surface area contributed by atoms with Crippen LogP contribution in [0.1, 0.15) is 22.3 Å². The van der Waals surface area contributed by atoms with Crippen molar-refractivity contribution in [1.82, 2.24) is 15.0 Å². The second-order valence-corrected chi connectivity index (χ2v) is 17.8. The summed E-state index contributed by atoms with van der Waals surface area (Å²) in [6.07, 6.45) is 0. The van der Waals surface area contributed by atoms with Gasteiger partial charge < -0.3 is 8.83 Å². The lowest BCUT2D eigenvalue weighted by Crippen LogP contribution is -2.28. The number of rotatable bonds is 7. The van der Waals surface area contributed by atoms with E-state index < -0.39 is 5.41 Å². The van der Waals surface area contributed by atoms with Crippen LogP contribution in [0.4, 0.5) is 0 Å². The Balaban J connectivity index is 0.992. The van der Waals surface area contributed by atoms with Crippen molar-refractivity contribution < 1.29 is 8.83 Å². The molecule has 10 aromatic carbocycles. The predicted octanol–water partition coefficient (Wildman–Crippen LogP) is 16.4. The lowest BCUT2D eigenvalue weighted by atomic mass is 9.67. The van der Waals surface area contributed by atoms with Crippen LogP contribution in [-0.2, 0) is 5.41 Å². The minimum atomic E-state index is -0.508. The molecular formula is C64H39N3O2. The minimum absolute atomic E-state index is 0.508. The Bertz CT molecular complexity index is 4100. The van der Waals surface area contributed by atoms with Crippen LogP contribution >= 0.6 is 0 Å². The standard InChI is InChI=1S/C64H39N3O2/c1-4-18-40(19-5-1)41-20-14-21-43(38-41)61-65-62(49-29-16-34-56-59(49)48-27-11-13-33-54(48)68-56)67-63(66-61)50-30-17-35-57-60(50)51-39-42(36-37-55(51)69-57)46-28-15-32-53-58(46)47-26-10-12-31-52(47)64(53,44-22-6-2-7-23-44)45-24-8-3-9-25-45/h1-39H. The molecular weight excluding hydrogens is 843 g/mol. The summed E-state index contributed by atoms with van der Waals surface area (Å²) in [5.41, 5.74) is 17.2. The number of hydrogen-bond donors (Lipinski definition) is 0. The first kappa shape index (κ1) is 39.0. The molecule has 322 valence electrons. The first-order valence-corrected chi connectivity index (χ1v) is 23.3. The largest absolute Gasteiger partial charge is 0.456 e. The molecule has 14 rings (SSSR count). The van der Waals surface area contributed by atoms with Crippen molar-refractivity contribution in [1.29, 1.82) is 0 Å². The Labute approximate surface area is 397 Å². The van der Waals surface area contributed by atoms with Crippen LogP contribution < -0.4 is 0 Å². The summed E-state index contributed by atoms with van der Waals surface area (Å²) >= 11 is 0. The lowest BCUT2D eigenvalue weighted by Gasteiger charge is -2.34. The van der Waals surface area contributed by atoms with Gasteiger partial charge in [0.15, 0.2) is 17.5 Å². The minimum Gasteiger partial charge on any atom is -0.456 e. The molecule has 0 unspecified atom stereocenters. The Morgan fingerprint density at radius 2 is 0.783 bits per heavy atom. The van der Waals surface area contributed by atoms with Gasteiger partial charge in [-0.1, -0.05) is 200 Å². The van der Waals surface area contributed by atoms with Crippen LogP contribution in [0.25, 0.3) is 111 Å². The highest BCUT2D eigenvalue weighted by Gasteiger charge is 2.46. The van der Waals surface area contributed by atoms with E-state index in [-0.39, 0.29) is 0 Å². The number of fused-ring (bicyclic) bond motifs is 9. The number of aromatic nitrogens is 3. The van der Waals surface area contributed by atoms with E-state index >= 15 is 0 Å². The maximum Gasteiger partial charge on any atom is 0.164 e. The van der Waals surface area contributed by atoms with Crippen LogP contribution in [0.5, 0.6) is 0 Å². The van der Waals surface area contributed by atoms with Gasteiger partial charge in [-0.05, 0) is 92.0 Å². The zero-order valence-electron chi connectivity index (χ0n) is 37.2. The van der Waals surface area contributed by atoms with E-state index in [1.54, 1.807) is 0 Å². The zero-order valence-corrected chi connectivity index (χ0v) is 37.2. The monoisotopic (exact) mass is 881 g/mol. The van der Waals surface area contributed by atoms with Crippen molar-refractivity contribution in [2.45, 2.75) is 5.41 Å². The fourth-order valence-corrected chi connectivity index (χ4v) is 11.1. The van der Waals surface area contributed by atoms with Crippen molar-refractivity contribution in [3.05, 3.63) is 259 Å². The van der Waals surface area contributed by atoms with Crippen molar-refractivity contribution in [3.8, 4) is 67.5 Å².